The number of aromatic nitrogens is 3. The molecule has 0 aliphatic rings. The predicted octanol–water partition coefficient (Wildman–Crippen LogP) is 0.822. The minimum absolute atomic E-state index is 0.0359. The van der Waals surface area contributed by atoms with Crippen molar-refractivity contribution in [1.29, 1.82) is 0 Å². The van der Waals surface area contributed by atoms with Gasteiger partial charge in [0.1, 0.15) is 0 Å². The van der Waals surface area contributed by atoms with Gasteiger partial charge in [0.25, 0.3) is 0 Å². The summed E-state index contributed by atoms with van der Waals surface area (Å²) in [6, 6.07) is 0. The van der Waals surface area contributed by atoms with Gasteiger partial charge in [-0.05, 0) is 19.9 Å². The third-order valence-electron chi connectivity index (χ3n) is 2.05. The van der Waals surface area contributed by atoms with Crippen LogP contribution in [0.4, 0.5) is 13.2 Å². The van der Waals surface area contributed by atoms with Crippen LogP contribution in [0.1, 0.15) is 29.5 Å². The van der Waals surface area contributed by atoms with E-state index in [-0.39, 0.29) is 19.7 Å². The Hall–Kier alpha value is -1.64. The van der Waals surface area contributed by atoms with Crippen molar-refractivity contribution in [2.24, 2.45) is 5.73 Å². The lowest BCUT2D eigenvalue weighted by atomic mass is 10.3. The van der Waals surface area contributed by atoms with Crippen LogP contribution >= 0.6 is 0 Å². The minimum atomic E-state index is -4.72. The van der Waals surface area contributed by atoms with Gasteiger partial charge < -0.3 is 10.5 Å². The smallest absolute Gasteiger partial charge is 0.435 e. The van der Waals surface area contributed by atoms with Crippen LogP contribution in [0, 0.1) is 0 Å². The van der Waals surface area contributed by atoms with Gasteiger partial charge in [0.2, 0.25) is 5.69 Å². The van der Waals surface area contributed by atoms with Gasteiger partial charge in [0.15, 0.2) is 5.69 Å². The molecule has 0 unspecified atom stereocenters. The number of hydrogen-bond acceptors (Lipinski definition) is 5. The molecule has 0 saturated heterocycles. The number of carbonyl (C=O) groups excluding carboxylic acids is 1. The number of halogens is 3. The molecule has 1 heterocycles. The average Bonchev–Trinajstić information content (AvgIpc) is 2.70. The predicted molar refractivity (Wildman–Crippen MR) is 54.7 cm³/mol. The Morgan fingerprint density at radius 3 is 2.67 bits per heavy atom. The van der Waals surface area contributed by atoms with E-state index in [1.807, 2.05) is 0 Å². The largest absolute Gasteiger partial charge is 0.461 e. The van der Waals surface area contributed by atoms with Crippen LogP contribution in [-0.4, -0.2) is 34.1 Å². The SMILES string of the molecule is CCOC(=O)c1nnn(CCCN)c1C(F)(F)F. The van der Waals surface area contributed by atoms with Gasteiger partial charge in [-0.15, -0.1) is 5.10 Å². The topological polar surface area (TPSA) is 83.0 Å². The van der Waals surface area contributed by atoms with E-state index < -0.39 is 23.5 Å². The first-order valence-electron chi connectivity index (χ1n) is 5.29. The van der Waals surface area contributed by atoms with Gasteiger partial charge in [0, 0.05) is 6.54 Å². The number of nitrogens with zero attached hydrogens (tertiary/aromatic N) is 3. The molecular formula is C9H13F3N4O2. The highest BCUT2D eigenvalue weighted by atomic mass is 19.4. The Balaban J connectivity index is 3.11. The number of nitrogens with two attached hydrogens (primary N) is 1. The maximum atomic E-state index is 12.8. The molecule has 1 rings (SSSR count). The fourth-order valence-corrected chi connectivity index (χ4v) is 1.33. The zero-order valence-electron chi connectivity index (χ0n) is 9.70. The van der Waals surface area contributed by atoms with Crippen LogP contribution in [0.15, 0.2) is 0 Å². The van der Waals surface area contributed by atoms with Crippen molar-refractivity contribution < 1.29 is 22.7 Å². The lowest BCUT2D eigenvalue weighted by molar-refractivity contribution is -0.144. The number of ether oxygens (including phenoxy) is 1. The first kappa shape index (κ1) is 14.4. The summed E-state index contributed by atoms with van der Waals surface area (Å²) in [6.45, 7) is 1.61. The third-order valence-corrected chi connectivity index (χ3v) is 2.05. The first-order chi connectivity index (χ1) is 8.41. The second kappa shape index (κ2) is 5.80. The quantitative estimate of drug-likeness (QED) is 0.798. The number of rotatable bonds is 5. The summed E-state index contributed by atoms with van der Waals surface area (Å²) < 4.78 is 43.6. The number of carbonyl (C=O) groups is 1. The van der Waals surface area contributed by atoms with Crippen molar-refractivity contribution >= 4 is 5.97 Å². The molecular weight excluding hydrogens is 253 g/mol. The normalized spacial score (nSPS) is 11.6. The Bertz CT molecular complexity index is 416. The van der Waals surface area contributed by atoms with Gasteiger partial charge >= 0.3 is 12.1 Å². The van der Waals surface area contributed by atoms with Crippen LogP contribution in [0.3, 0.4) is 0 Å². The molecule has 18 heavy (non-hydrogen) atoms. The Labute approximate surface area is 101 Å². The number of esters is 1. The van der Waals surface area contributed by atoms with Gasteiger partial charge in [-0.2, -0.15) is 13.2 Å². The summed E-state index contributed by atoms with van der Waals surface area (Å²) in [7, 11) is 0. The summed E-state index contributed by atoms with van der Waals surface area (Å²) >= 11 is 0. The fraction of sp³-hybridized carbons (Fsp3) is 0.667. The van der Waals surface area contributed by atoms with Gasteiger partial charge in [-0.3, -0.25) is 0 Å². The van der Waals surface area contributed by atoms with E-state index in [1.165, 1.54) is 6.92 Å². The first-order valence-corrected chi connectivity index (χ1v) is 5.29. The molecule has 1 aromatic rings. The molecule has 0 spiro atoms. The van der Waals surface area contributed by atoms with Crippen LogP contribution in [0.5, 0.6) is 0 Å². The summed E-state index contributed by atoms with van der Waals surface area (Å²) in [4.78, 5) is 11.3. The molecule has 0 amide bonds. The molecule has 102 valence electrons. The standard InChI is InChI=1S/C9H13F3N4O2/c1-2-18-8(17)6-7(9(10,11)12)16(15-14-6)5-3-4-13/h2-5,13H2,1H3. The molecule has 0 saturated carbocycles. The summed E-state index contributed by atoms with van der Waals surface area (Å²) in [5.74, 6) is -1.14. The van der Waals surface area contributed by atoms with Crippen LogP contribution < -0.4 is 5.73 Å². The number of hydrogen-bond donors (Lipinski definition) is 1. The Kier molecular flexibility index (Phi) is 4.65. The highest BCUT2D eigenvalue weighted by molar-refractivity contribution is 5.88. The van der Waals surface area contributed by atoms with Crippen molar-refractivity contribution in [2.75, 3.05) is 13.2 Å². The zero-order chi connectivity index (χ0) is 13.8. The second-order valence-corrected chi connectivity index (χ2v) is 3.37. The van der Waals surface area contributed by atoms with Gasteiger partial charge in [-0.1, -0.05) is 5.21 Å². The Morgan fingerprint density at radius 2 is 2.17 bits per heavy atom. The highest BCUT2D eigenvalue weighted by Gasteiger charge is 2.41. The molecule has 0 atom stereocenters. The summed E-state index contributed by atoms with van der Waals surface area (Å²) in [5.41, 5.74) is 3.20. The summed E-state index contributed by atoms with van der Waals surface area (Å²) in [6.07, 6.45) is -4.42. The average molecular weight is 266 g/mol. The molecule has 9 heteroatoms. The molecule has 0 aliphatic carbocycles. The van der Waals surface area contributed by atoms with E-state index in [9.17, 15) is 18.0 Å². The van der Waals surface area contributed by atoms with Crippen LogP contribution in [0.2, 0.25) is 0 Å². The molecule has 1 aromatic heterocycles. The molecule has 0 bridgehead atoms. The third kappa shape index (κ3) is 3.19. The van der Waals surface area contributed by atoms with E-state index in [4.69, 9.17) is 5.73 Å². The summed E-state index contributed by atoms with van der Waals surface area (Å²) in [5, 5.41) is 6.55. The number of aryl methyl sites for hydroxylation is 1. The minimum Gasteiger partial charge on any atom is -0.461 e. The lowest BCUT2D eigenvalue weighted by Gasteiger charge is -2.10. The lowest BCUT2D eigenvalue weighted by Crippen LogP contribution is -2.20. The monoisotopic (exact) mass is 266 g/mol. The molecule has 0 aliphatic heterocycles. The van der Waals surface area contributed by atoms with E-state index >= 15 is 0 Å². The molecule has 2 N–H and O–H groups in total. The van der Waals surface area contributed by atoms with E-state index in [2.05, 4.69) is 15.0 Å². The number of alkyl halides is 3. The van der Waals surface area contributed by atoms with E-state index in [1.54, 1.807) is 0 Å². The van der Waals surface area contributed by atoms with Gasteiger partial charge in [0.05, 0.1) is 6.61 Å². The maximum absolute atomic E-state index is 12.8. The molecule has 0 radical (unpaired) electrons. The van der Waals surface area contributed by atoms with Crippen molar-refractivity contribution in [3.63, 3.8) is 0 Å². The molecule has 0 aromatic carbocycles. The molecule has 6 nitrogen and oxygen atoms in total. The zero-order valence-corrected chi connectivity index (χ0v) is 9.70. The van der Waals surface area contributed by atoms with E-state index in [0.717, 1.165) is 0 Å². The molecule has 0 fully saturated rings. The van der Waals surface area contributed by atoms with Crippen molar-refractivity contribution in [3.05, 3.63) is 11.4 Å². The Morgan fingerprint density at radius 1 is 1.50 bits per heavy atom. The van der Waals surface area contributed by atoms with Gasteiger partial charge in [-0.25, -0.2) is 9.48 Å². The van der Waals surface area contributed by atoms with Crippen LogP contribution in [0.25, 0.3) is 0 Å². The van der Waals surface area contributed by atoms with E-state index in [0.29, 0.717) is 11.1 Å². The second-order valence-electron chi connectivity index (χ2n) is 3.37. The van der Waals surface area contributed by atoms with Crippen molar-refractivity contribution in [1.82, 2.24) is 15.0 Å². The fourth-order valence-electron chi connectivity index (χ4n) is 1.33. The van der Waals surface area contributed by atoms with Crippen molar-refractivity contribution in [3.8, 4) is 0 Å². The van der Waals surface area contributed by atoms with Crippen molar-refractivity contribution in [2.45, 2.75) is 26.1 Å². The van der Waals surface area contributed by atoms with Crippen LogP contribution in [-0.2, 0) is 17.5 Å². The maximum Gasteiger partial charge on any atom is 0.435 e. The highest BCUT2D eigenvalue weighted by Crippen LogP contribution is 2.31.